The highest BCUT2D eigenvalue weighted by molar-refractivity contribution is 5.78. The van der Waals surface area contributed by atoms with Crippen molar-refractivity contribution < 1.29 is 5.11 Å². The lowest BCUT2D eigenvalue weighted by Crippen LogP contribution is -2.38. The van der Waals surface area contributed by atoms with Gasteiger partial charge >= 0.3 is 0 Å². The van der Waals surface area contributed by atoms with Crippen LogP contribution in [0.15, 0.2) is 36.4 Å². The van der Waals surface area contributed by atoms with E-state index in [2.05, 4.69) is 31.1 Å². The Balaban J connectivity index is 2.15. The van der Waals surface area contributed by atoms with E-state index in [1.165, 1.54) is 0 Å². The lowest BCUT2D eigenvalue weighted by molar-refractivity contribution is 0.159. The molecule has 96 valence electrons. The fourth-order valence-electron chi connectivity index (χ4n) is 1.77. The molecule has 1 heterocycles. The number of pyridine rings is 1. The molecule has 18 heavy (non-hydrogen) atoms. The third-order valence-corrected chi connectivity index (χ3v) is 2.79. The summed E-state index contributed by atoms with van der Waals surface area (Å²) in [7, 11) is 0. The van der Waals surface area contributed by atoms with Crippen molar-refractivity contribution in [2.24, 2.45) is 0 Å². The van der Waals surface area contributed by atoms with Crippen LogP contribution in [0.1, 0.15) is 32.6 Å². The van der Waals surface area contributed by atoms with Gasteiger partial charge in [0.1, 0.15) is 6.10 Å². The standard InChI is InChI=1S/C15H20N2O/c1-15(2,3)16-10-14(18)13-9-8-11-6-4-5-7-12(11)17-13/h4-9,14,16,18H,10H2,1-3H3/t14-/m1/s1. The molecule has 1 atom stereocenters. The summed E-state index contributed by atoms with van der Waals surface area (Å²) in [5.74, 6) is 0. The summed E-state index contributed by atoms with van der Waals surface area (Å²) in [5, 5.41) is 14.5. The number of aliphatic hydroxyl groups excluding tert-OH is 1. The Hall–Kier alpha value is -1.45. The average molecular weight is 244 g/mol. The maximum Gasteiger partial charge on any atom is 0.108 e. The molecule has 0 aliphatic rings. The summed E-state index contributed by atoms with van der Waals surface area (Å²) in [6.07, 6.45) is -0.575. The first-order valence-electron chi connectivity index (χ1n) is 6.24. The van der Waals surface area contributed by atoms with Gasteiger partial charge in [-0.25, -0.2) is 0 Å². The second-order valence-electron chi connectivity index (χ2n) is 5.58. The van der Waals surface area contributed by atoms with Crippen molar-refractivity contribution in [2.45, 2.75) is 32.4 Å². The Morgan fingerprint density at radius 3 is 2.61 bits per heavy atom. The predicted octanol–water partition coefficient (Wildman–Crippen LogP) is 2.66. The second kappa shape index (κ2) is 5.04. The average Bonchev–Trinajstić information content (AvgIpc) is 2.34. The summed E-state index contributed by atoms with van der Waals surface area (Å²) in [6.45, 7) is 6.74. The van der Waals surface area contributed by atoms with Gasteiger partial charge in [0.25, 0.3) is 0 Å². The van der Waals surface area contributed by atoms with Crippen LogP contribution in [0.2, 0.25) is 0 Å². The Morgan fingerprint density at radius 2 is 1.89 bits per heavy atom. The highest BCUT2D eigenvalue weighted by Gasteiger charge is 2.14. The molecule has 2 N–H and O–H groups in total. The number of nitrogens with one attached hydrogen (secondary N) is 1. The van der Waals surface area contributed by atoms with Gasteiger partial charge < -0.3 is 10.4 Å². The molecule has 0 amide bonds. The van der Waals surface area contributed by atoms with Gasteiger partial charge in [0.05, 0.1) is 11.2 Å². The summed E-state index contributed by atoms with van der Waals surface area (Å²) in [5.41, 5.74) is 1.63. The Morgan fingerprint density at radius 1 is 1.17 bits per heavy atom. The van der Waals surface area contributed by atoms with Gasteiger partial charge in [-0.2, -0.15) is 0 Å². The molecule has 3 nitrogen and oxygen atoms in total. The quantitative estimate of drug-likeness (QED) is 0.872. The van der Waals surface area contributed by atoms with Crippen LogP contribution < -0.4 is 5.32 Å². The third-order valence-electron chi connectivity index (χ3n) is 2.79. The van der Waals surface area contributed by atoms with E-state index in [0.29, 0.717) is 12.2 Å². The molecule has 2 aromatic rings. The first-order chi connectivity index (χ1) is 8.46. The van der Waals surface area contributed by atoms with Gasteiger partial charge in [0.2, 0.25) is 0 Å². The van der Waals surface area contributed by atoms with Crippen LogP contribution in [0.3, 0.4) is 0 Å². The monoisotopic (exact) mass is 244 g/mol. The number of benzene rings is 1. The van der Waals surface area contributed by atoms with Crippen LogP contribution in [0.4, 0.5) is 0 Å². The van der Waals surface area contributed by atoms with E-state index in [9.17, 15) is 5.11 Å². The van der Waals surface area contributed by atoms with Crippen LogP contribution in [0.25, 0.3) is 10.9 Å². The van der Waals surface area contributed by atoms with Crippen LogP contribution >= 0.6 is 0 Å². The molecule has 0 spiro atoms. The third kappa shape index (κ3) is 3.28. The molecular weight excluding hydrogens is 224 g/mol. The molecule has 0 radical (unpaired) electrons. The zero-order chi connectivity index (χ0) is 13.2. The van der Waals surface area contributed by atoms with E-state index < -0.39 is 6.10 Å². The van der Waals surface area contributed by atoms with E-state index >= 15 is 0 Å². The van der Waals surface area contributed by atoms with Gasteiger partial charge in [0.15, 0.2) is 0 Å². The SMILES string of the molecule is CC(C)(C)NC[C@@H](O)c1ccc2ccccc2n1. The van der Waals surface area contributed by atoms with Crippen LogP contribution in [-0.4, -0.2) is 22.2 Å². The number of hydrogen-bond acceptors (Lipinski definition) is 3. The number of nitrogens with zero attached hydrogens (tertiary/aromatic N) is 1. The minimum absolute atomic E-state index is 0.00215. The first kappa shape index (κ1) is 13.0. The number of fused-ring (bicyclic) bond motifs is 1. The molecule has 2 rings (SSSR count). The van der Waals surface area contributed by atoms with E-state index in [1.807, 2.05) is 36.4 Å². The number of rotatable bonds is 3. The Kier molecular flexibility index (Phi) is 3.64. The van der Waals surface area contributed by atoms with Crippen molar-refractivity contribution in [2.75, 3.05) is 6.54 Å². The fourth-order valence-corrected chi connectivity index (χ4v) is 1.77. The summed E-state index contributed by atoms with van der Waals surface area (Å²) >= 11 is 0. The highest BCUT2D eigenvalue weighted by Crippen LogP contribution is 2.16. The van der Waals surface area contributed by atoms with Crippen molar-refractivity contribution in [3.05, 3.63) is 42.1 Å². The van der Waals surface area contributed by atoms with Crippen molar-refractivity contribution in [1.82, 2.24) is 10.3 Å². The van der Waals surface area contributed by atoms with Crippen LogP contribution in [0, 0.1) is 0 Å². The molecule has 0 aliphatic carbocycles. The molecule has 0 saturated carbocycles. The lowest BCUT2D eigenvalue weighted by atomic mass is 10.1. The maximum absolute atomic E-state index is 10.1. The molecule has 0 bridgehead atoms. The molecule has 1 aromatic heterocycles. The molecule has 3 heteroatoms. The van der Waals surface area contributed by atoms with Crippen molar-refractivity contribution >= 4 is 10.9 Å². The normalized spacial score (nSPS) is 13.8. The summed E-state index contributed by atoms with van der Waals surface area (Å²) in [6, 6.07) is 11.8. The molecule has 0 saturated heterocycles. The van der Waals surface area contributed by atoms with Gasteiger partial charge in [-0.1, -0.05) is 24.3 Å². The highest BCUT2D eigenvalue weighted by atomic mass is 16.3. The van der Waals surface area contributed by atoms with E-state index in [1.54, 1.807) is 0 Å². The molecule has 0 fully saturated rings. The number of aromatic nitrogens is 1. The van der Waals surface area contributed by atoms with Crippen LogP contribution in [-0.2, 0) is 0 Å². The lowest BCUT2D eigenvalue weighted by Gasteiger charge is -2.22. The topological polar surface area (TPSA) is 45.1 Å². The number of para-hydroxylation sites is 1. The van der Waals surface area contributed by atoms with E-state index in [-0.39, 0.29) is 5.54 Å². The zero-order valence-corrected chi connectivity index (χ0v) is 11.1. The fraction of sp³-hybridized carbons (Fsp3) is 0.400. The van der Waals surface area contributed by atoms with Crippen LogP contribution in [0.5, 0.6) is 0 Å². The van der Waals surface area contributed by atoms with E-state index in [4.69, 9.17) is 0 Å². The van der Waals surface area contributed by atoms with Gasteiger partial charge in [-0.05, 0) is 32.9 Å². The van der Waals surface area contributed by atoms with Gasteiger partial charge in [0, 0.05) is 17.5 Å². The second-order valence-corrected chi connectivity index (χ2v) is 5.58. The van der Waals surface area contributed by atoms with Crippen molar-refractivity contribution in [1.29, 1.82) is 0 Å². The molecular formula is C15H20N2O. The van der Waals surface area contributed by atoms with E-state index in [0.717, 1.165) is 10.9 Å². The summed E-state index contributed by atoms with van der Waals surface area (Å²) in [4.78, 5) is 4.49. The first-order valence-corrected chi connectivity index (χ1v) is 6.24. The summed E-state index contributed by atoms with van der Waals surface area (Å²) < 4.78 is 0. The molecule has 0 unspecified atom stereocenters. The smallest absolute Gasteiger partial charge is 0.108 e. The minimum atomic E-state index is -0.575. The largest absolute Gasteiger partial charge is 0.385 e. The molecule has 1 aromatic carbocycles. The van der Waals surface area contributed by atoms with Crippen molar-refractivity contribution in [3.8, 4) is 0 Å². The number of β-amino-alcohol motifs (C(OH)–C–C–N with tert-alkyl or cyclic N) is 1. The zero-order valence-electron chi connectivity index (χ0n) is 11.1. The van der Waals surface area contributed by atoms with Crippen molar-refractivity contribution in [3.63, 3.8) is 0 Å². The maximum atomic E-state index is 10.1. The number of hydrogen-bond donors (Lipinski definition) is 2. The Bertz CT molecular complexity index is 531. The van der Waals surface area contributed by atoms with Gasteiger partial charge in [-0.3, -0.25) is 4.98 Å². The minimum Gasteiger partial charge on any atom is -0.385 e. The Labute approximate surface area is 108 Å². The predicted molar refractivity (Wildman–Crippen MR) is 74.5 cm³/mol. The molecule has 0 aliphatic heterocycles. The van der Waals surface area contributed by atoms with Gasteiger partial charge in [-0.15, -0.1) is 0 Å². The number of aliphatic hydroxyl groups is 1.